The van der Waals surface area contributed by atoms with Crippen molar-refractivity contribution < 1.29 is 17.9 Å². The molecule has 1 N–H and O–H groups in total. The number of amides is 1. The van der Waals surface area contributed by atoms with Crippen molar-refractivity contribution in [1.29, 1.82) is 0 Å². The first-order valence-corrected chi connectivity index (χ1v) is 12.3. The van der Waals surface area contributed by atoms with Gasteiger partial charge in [0.2, 0.25) is 10.0 Å². The fourth-order valence-corrected chi connectivity index (χ4v) is 5.75. The van der Waals surface area contributed by atoms with Crippen molar-refractivity contribution in [1.82, 2.24) is 14.1 Å². The minimum absolute atomic E-state index is 0.180. The first-order valence-electron chi connectivity index (χ1n) is 10.8. The topological polar surface area (TPSA) is 93.5 Å². The Morgan fingerprint density at radius 2 is 1.70 bits per heavy atom. The first kappa shape index (κ1) is 23.2. The summed E-state index contributed by atoms with van der Waals surface area (Å²) < 4.78 is 34.8. The number of carbonyl (C=O) groups is 1. The predicted molar refractivity (Wildman–Crippen MR) is 126 cm³/mol. The summed E-state index contributed by atoms with van der Waals surface area (Å²) in [5, 5.41) is 7.42. The van der Waals surface area contributed by atoms with Crippen LogP contribution in [0.15, 0.2) is 53.4 Å². The molecule has 1 amide bonds. The van der Waals surface area contributed by atoms with Gasteiger partial charge in [-0.05, 0) is 50.1 Å². The molecular weight excluding hydrogens is 440 g/mol. The number of carbonyl (C=O) groups excluding carboxylic acids is 1. The van der Waals surface area contributed by atoms with E-state index in [0.29, 0.717) is 49.8 Å². The van der Waals surface area contributed by atoms with E-state index in [1.54, 1.807) is 30.7 Å². The molecule has 1 aliphatic rings. The highest BCUT2D eigenvalue weighted by molar-refractivity contribution is 7.89. The number of benzene rings is 2. The quantitative estimate of drug-likeness (QED) is 0.600. The van der Waals surface area contributed by atoms with Gasteiger partial charge in [0.25, 0.3) is 5.91 Å². The van der Waals surface area contributed by atoms with Gasteiger partial charge in [-0.1, -0.05) is 30.3 Å². The molecule has 0 unspecified atom stereocenters. The highest BCUT2D eigenvalue weighted by Crippen LogP contribution is 2.25. The lowest BCUT2D eigenvalue weighted by Crippen LogP contribution is -2.41. The number of aryl methyl sites for hydroxylation is 2. The Morgan fingerprint density at radius 3 is 2.36 bits per heavy atom. The summed E-state index contributed by atoms with van der Waals surface area (Å²) in [6.45, 7) is 7.33. The SMILES string of the molecule is Cc1ccccc1NC(=O)c1ccc(Cn2nc(C)c(S(=O)(=O)N3CCOCC3)c2C)cc1. The van der Waals surface area contributed by atoms with Gasteiger partial charge in [0.1, 0.15) is 4.90 Å². The van der Waals surface area contributed by atoms with Gasteiger partial charge in [0, 0.05) is 24.3 Å². The molecule has 0 aliphatic carbocycles. The maximum atomic E-state index is 13.2. The number of rotatable bonds is 6. The van der Waals surface area contributed by atoms with Crippen LogP contribution in [-0.4, -0.2) is 54.7 Å². The molecular formula is C24H28N4O4S. The number of aromatic nitrogens is 2. The van der Waals surface area contributed by atoms with E-state index in [4.69, 9.17) is 4.74 Å². The number of hydrogen-bond acceptors (Lipinski definition) is 5. The predicted octanol–water partition coefficient (Wildman–Crippen LogP) is 3.13. The van der Waals surface area contributed by atoms with Crippen LogP contribution in [0.3, 0.4) is 0 Å². The normalized spacial score (nSPS) is 14.9. The molecule has 4 rings (SSSR count). The Bertz CT molecular complexity index is 1260. The number of para-hydroxylation sites is 1. The molecule has 1 saturated heterocycles. The zero-order valence-corrected chi connectivity index (χ0v) is 19.9. The van der Waals surface area contributed by atoms with E-state index in [1.807, 2.05) is 43.3 Å². The second kappa shape index (κ2) is 9.46. The summed E-state index contributed by atoms with van der Waals surface area (Å²) in [4.78, 5) is 12.9. The number of sulfonamides is 1. The fourth-order valence-electron chi connectivity index (χ4n) is 3.97. The van der Waals surface area contributed by atoms with Crippen molar-refractivity contribution in [3.63, 3.8) is 0 Å². The summed E-state index contributed by atoms with van der Waals surface area (Å²) in [6.07, 6.45) is 0. The molecule has 0 atom stereocenters. The molecule has 0 spiro atoms. The minimum Gasteiger partial charge on any atom is -0.379 e. The van der Waals surface area contributed by atoms with Crippen molar-refractivity contribution in [3.8, 4) is 0 Å². The third-order valence-corrected chi connectivity index (χ3v) is 7.98. The van der Waals surface area contributed by atoms with Gasteiger partial charge in [0.05, 0.1) is 31.1 Å². The van der Waals surface area contributed by atoms with Crippen molar-refractivity contribution in [3.05, 3.63) is 76.6 Å². The summed E-state index contributed by atoms with van der Waals surface area (Å²) in [7, 11) is -3.63. The maximum Gasteiger partial charge on any atom is 0.255 e. The van der Waals surface area contributed by atoms with Gasteiger partial charge in [-0.2, -0.15) is 9.40 Å². The highest BCUT2D eigenvalue weighted by atomic mass is 32.2. The molecule has 174 valence electrons. The molecule has 2 heterocycles. The van der Waals surface area contributed by atoms with Gasteiger partial charge in [0.15, 0.2) is 0 Å². The largest absolute Gasteiger partial charge is 0.379 e. The monoisotopic (exact) mass is 468 g/mol. The van der Waals surface area contributed by atoms with Crippen LogP contribution >= 0.6 is 0 Å². The summed E-state index contributed by atoms with van der Waals surface area (Å²) in [5.41, 5.74) is 4.32. The van der Waals surface area contributed by atoms with Crippen LogP contribution < -0.4 is 5.32 Å². The van der Waals surface area contributed by atoms with E-state index < -0.39 is 10.0 Å². The van der Waals surface area contributed by atoms with Gasteiger partial charge in [-0.3, -0.25) is 9.48 Å². The lowest BCUT2D eigenvalue weighted by atomic mass is 10.1. The smallest absolute Gasteiger partial charge is 0.255 e. The fraction of sp³-hybridized carbons (Fsp3) is 0.333. The van der Waals surface area contributed by atoms with Crippen LogP contribution in [0, 0.1) is 20.8 Å². The van der Waals surface area contributed by atoms with Crippen molar-refractivity contribution in [2.45, 2.75) is 32.2 Å². The standard InChI is InChI=1S/C24H28N4O4S/c1-17-6-4-5-7-22(17)25-24(29)21-10-8-20(9-11-21)16-28-19(3)23(18(2)26-28)33(30,31)27-12-14-32-15-13-27/h4-11H,12-16H2,1-3H3,(H,25,29). The number of ether oxygens (including phenoxy) is 1. The molecule has 0 saturated carbocycles. The van der Waals surface area contributed by atoms with Crippen LogP contribution in [0.25, 0.3) is 0 Å². The van der Waals surface area contributed by atoms with E-state index in [0.717, 1.165) is 16.8 Å². The Labute approximate surface area is 194 Å². The molecule has 2 aromatic carbocycles. The maximum absolute atomic E-state index is 13.2. The van der Waals surface area contributed by atoms with E-state index in [2.05, 4.69) is 10.4 Å². The molecule has 1 aromatic heterocycles. The number of morpholine rings is 1. The zero-order chi connectivity index (χ0) is 23.6. The van der Waals surface area contributed by atoms with Gasteiger partial charge >= 0.3 is 0 Å². The van der Waals surface area contributed by atoms with Crippen LogP contribution in [0.4, 0.5) is 5.69 Å². The van der Waals surface area contributed by atoms with Crippen LogP contribution in [0.2, 0.25) is 0 Å². The molecule has 1 fully saturated rings. The third kappa shape index (κ3) is 4.85. The van der Waals surface area contributed by atoms with E-state index in [-0.39, 0.29) is 10.8 Å². The van der Waals surface area contributed by atoms with E-state index >= 15 is 0 Å². The van der Waals surface area contributed by atoms with E-state index in [9.17, 15) is 13.2 Å². The van der Waals surface area contributed by atoms with Crippen molar-refractivity contribution in [2.75, 3.05) is 31.6 Å². The molecule has 0 bridgehead atoms. The molecule has 9 heteroatoms. The molecule has 1 aliphatic heterocycles. The zero-order valence-electron chi connectivity index (χ0n) is 19.0. The molecule has 8 nitrogen and oxygen atoms in total. The first-order chi connectivity index (χ1) is 15.8. The lowest BCUT2D eigenvalue weighted by molar-refractivity contribution is 0.0730. The van der Waals surface area contributed by atoms with Crippen molar-refractivity contribution >= 4 is 21.6 Å². The van der Waals surface area contributed by atoms with Crippen LogP contribution in [-0.2, 0) is 21.3 Å². The van der Waals surface area contributed by atoms with Gasteiger partial charge < -0.3 is 10.1 Å². The molecule has 33 heavy (non-hydrogen) atoms. The van der Waals surface area contributed by atoms with Gasteiger partial charge in [-0.25, -0.2) is 8.42 Å². The Morgan fingerprint density at radius 1 is 1.03 bits per heavy atom. The van der Waals surface area contributed by atoms with Crippen LogP contribution in [0.1, 0.15) is 32.9 Å². The minimum atomic E-state index is -3.63. The Balaban J connectivity index is 1.50. The van der Waals surface area contributed by atoms with Crippen molar-refractivity contribution in [2.24, 2.45) is 0 Å². The average Bonchev–Trinajstić information content (AvgIpc) is 3.09. The number of nitrogens with zero attached hydrogens (tertiary/aromatic N) is 3. The lowest BCUT2D eigenvalue weighted by Gasteiger charge is -2.26. The Kier molecular flexibility index (Phi) is 6.64. The third-order valence-electron chi connectivity index (χ3n) is 5.82. The van der Waals surface area contributed by atoms with Gasteiger partial charge in [-0.15, -0.1) is 0 Å². The second-order valence-electron chi connectivity index (χ2n) is 8.14. The van der Waals surface area contributed by atoms with Crippen LogP contribution in [0.5, 0.6) is 0 Å². The summed E-state index contributed by atoms with van der Waals surface area (Å²) in [5.74, 6) is -0.180. The summed E-state index contributed by atoms with van der Waals surface area (Å²) >= 11 is 0. The summed E-state index contributed by atoms with van der Waals surface area (Å²) in [6, 6.07) is 14.9. The molecule has 3 aromatic rings. The number of anilines is 1. The molecule has 0 radical (unpaired) electrons. The van der Waals surface area contributed by atoms with E-state index in [1.165, 1.54) is 4.31 Å². The second-order valence-corrected chi connectivity index (χ2v) is 10.0. The Hall–Kier alpha value is -3.01. The number of hydrogen-bond donors (Lipinski definition) is 1. The highest BCUT2D eigenvalue weighted by Gasteiger charge is 2.32. The average molecular weight is 469 g/mol. The number of nitrogens with one attached hydrogen (secondary N) is 1.